The number of alkyl halides is 2. The van der Waals surface area contributed by atoms with Crippen LogP contribution < -0.4 is 5.73 Å². The van der Waals surface area contributed by atoms with Crippen molar-refractivity contribution in [2.75, 3.05) is 0 Å². The van der Waals surface area contributed by atoms with Gasteiger partial charge >= 0.3 is 0 Å². The van der Waals surface area contributed by atoms with Crippen molar-refractivity contribution in [2.24, 2.45) is 5.73 Å². The molecule has 1 aromatic heterocycles. The van der Waals surface area contributed by atoms with E-state index >= 15 is 0 Å². The molecule has 0 unspecified atom stereocenters. The Bertz CT molecular complexity index is 507. The number of aromatic nitrogens is 1. The average molecular weight is 370 g/mol. The maximum absolute atomic E-state index is 13.2. The zero-order chi connectivity index (χ0) is 15.5. The number of carbonyl (C=O) groups is 1. The van der Waals surface area contributed by atoms with E-state index in [1.165, 1.54) is 6.92 Å². The van der Waals surface area contributed by atoms with Gasteiger partial charge in [-0.15, -0.1) is 24.8 Å². The van der Waals surface area contributed by atoms with Crippen molar-refractivity contribution in [1.29, 1.82) is 0 Å². The van der Waals surface area contributed by atoms with E-state index in [1.54, 1.807) is 4.90 Å². The van der Waals surface area contributed by atoms with Gasteiger partial charge in [-0.3, -0.25) is 9.78 Å². The van der Waals surface area contributed by atoms with Gasteiger partial charge in [0.1, 0.15) is 0 Å². The van der Waals surface area contributed by atoms with Gasteiger partial charge in [0.15, 0.2) is 0 Å². The van der Waals surface area contributed by atoms with Gasteiger partial charge in [0.25, 0.3) is 0 Å². The zero-order valence-electron chi connectivity index (χ0n) is 13.0. The molecule has 0 aromatic carbocycles. The van der Waals surface area contributed by atoms with E-state index in [0.29, 0.717) is 25.9 Å². The van der Waals surface area contributed by atoms with E-state index in [2.05, 4.69) is 4.98 Å². The highest BCUT2D eigenvalue weighted by atomic mass is 35.5. The molecule has 0 aliphatic heterocycles. The van der Waals surface area contributed by atoms with Gasteiger partial charge in [-0.05, 0) is 25.0 Å². The minimum absolute atomic E-state index is 0. The molecular weight excluding hydrogens is 347 g/mol. The number of carbonyl (C=O) groups excluding carboxylic acids is 1. The molecule has 1 saturated carbocycles. The quantitative estimate of drug-likeness (QED) is 0.885. The summed E-state index contributed by atoms with van der Waals surface area (Å²) >= 11 is 0. The minimum Gasteiger partial charge on any atom is -0.334 e. The Morgan fingerprint density at radius 1 is 1.30 bits per heavy atom. The van der Waals surface area contributed by atoms with Crippen LogP contribution in [0.15, 0.2) is 18.2 Å². The van der Waals surface area contributed by atoms with Gasteiger partial charge in [0, 0.05) is 32.4 Å². The molecular formula is C15H23Cl2F2N3O. The van der Waals surface area contributed by atoms with Crippen LogP contribution in [0.3, 0.4) is 0 Å². The summed E-state index contributed by atoms with van der Waals surface area (Å²) in [5, 5.41) is 0. The Labute approximate surface area is 147 Å². The lowest BCUT2D eigenvalue weighted by molar-refractivity contribution is -0.135. The summed E-state index contributed by atoms with van der Waals surface area (Å²) in [6, 6.07) is 5.36. The van der Waals surface area contributed by atoms with Crippen molar-refractivity contribution < 1.29 is 13.6 Å². The molecule has 1 heterocycles. The number of pyridine rings is 1. The number of halogens is 4. The molecule has 2 N–H and O–H groups in total. The number of nitrogens with zero attached hydrogens (tertiary/aromatic N) is 2. The fourth-order valence-electron chi connectivity index (χ4n) is 2.74. The summed E-state index contributed by atoms with van der Waals surface area (Å²) in [7, 11) is 0. The molecule has 0 atom stereocenters. The molecule has 0 spiro atoms. The van der Waals surface area contributed by atoms with Gasteiger partial charge in [-0.2, -0.15) is 0 Å². The molecule has 0 radical (unpaired) electrons. The van der Waals surface area contributed by atoms with Crippen LogP contribution in [0.25, 0.3) is 0 Å². The molecule has 4 nitrogen and oxygen atoms in total. The molecule has 1 aliphatic carbocycles. The molecule has 0 saturated heterocycles. The van der Waals surface area contributed by atoms with Gasteiger partial charge < -0.3 is 10.6 Å². The van der Waals surface area contributed by atoms with Crippen LogP contribution in [0.4, 0.5) is 8.78 Å². The first-order valence-corrected chi connectivity index (χ1v) is 7.21. The monoisotopic (exact) mass is 369 g/mol. The van der Waals surface area contributed by atoms with Crippen LogP contribution in [0, 0.1) is 0 Å². The third kappa shape index (κ3) is 6.20. The van der Waals surface area contributed by atoms with Crippen LogP contribution in [-0.4, -0.2) is 27.8 Å². The Hall–Kier alpha value is -0.980. The van der Waals surface area contributed by atoms with Crippen molar-refractivity contribution in [3.63, 3.8) is 0 Å². The smallest absolute Gasteiger partial charge is 0.248 e. The molecule has 1 aliphatic rings. The normalized spacial score (nSPS) is 16.9. The summed E-state index contributed by atoms with van der Waals surface area (Å²) in [4.78, 5) is 17.9. The van der Waals surface area contributed by atoms with Crippen molar-refractivity contribution in [1.82, 2.24) is 9.88 Å². The maximum atomic E-state index is 13.2. The third-order valence-corrected chi connectivity index (χ3v) is 3.94. The number of hydrogen-bond donors (Lipinski definition) is 1. The van der Waals surface area contributed by atoms with E-state index in [1.807, 2.05) is 18.2 Å². The Morgan fingerprint density at radius 2 is 1.87 bits per heavy atom. The number of amides is 1. The van der Waals surface area contributed by atoms with Crippen LogP contribution >= 0.6 is 24.8 Å². The van der Waals surface area contributed by atoms with Crippen LogP contribution in [0.2, 0.25) is 0 Å². The summed E-state index contributed by atoms with van der Waals surface area (Å²) in [6.07, 6.45) is 0.363. The number of hydrogen-bond acceptors (Lipinski definition) is 3. The van der Waals surface area contributed by atoms with Gasteiger partial charge in [-0.1, -0.05) is 6.07 Å². The first kappa shape index (κ1) is 22.0. The van der Waals surface area contributed by atoms with Crippen LogP contribution in [-0.2, 0) is 17.9 Å². The third-order valence-electron chi connectivity index (χ3n) is 3.94. The fourth-order valence-corrected chi connectivity index (χ4v) is 2.74. The first-order chi connectivity index (χ1) is 9.91. The SMILES string of the molecule is CC(=O)N(Cc1cccc(CN)n1)C1CCC(F)(F)CC1.Cl.Cl. The molecule has 23 heavy (non-hydrogen) atoms. The highest BCUT2D eigenvalue weighted by molar-refractivity contribution is 5.85. The van der Waals surface area contributed by atoms with Gasteiger partial charge in [0.2, 0.25) is 11.8 Å². The van der Waals surface area contributed by atoms with Crippen molar-refractivity contribution in [2.45, 2.75) is 57.7 Å². The molecule has 132 valence electrons. The summed E-state index contributed by atoms with van der Waals surface area (Å²) in [5.41, 5.74) is 7.05. The predicted octanol–water partition coefficient (Wildman–Crippen LogP) is 3.31. The summed E-state index contributed by atoms with van der Waals surface area (Å²) in [5.74, 6) is -2.69. The lowest BCUT2D eigenvalue weighted by Gasteiger charge is -2.36. The molecule has 1 aromatic rings. The van der Waals surface area contributed by atoms with Crippen LogP contribution in [0.5, 0.6) is 0 Å². The number of nitrogens with two attached hydrogens (primary N) is 1. The zero-order valence-corrected chi connectivity index (χ0v) is 14.6. The standard InChI is InChI=1S/C15H21F2N3O.2ClH/c1-11(21)20(14-5-7-15(16,17)8-6-14)10-13-4-2-3-12(9-18)19-13;;/h2-4,14H,5-10,18H2,1H3;2*1H. The molecule has 0 bridgehead atoms. The van der Waals surface area contributed by atoms with E-state index in [4.69, 9.17) is 5.73 Å². The first-order valence-electron chi connectivity index (χ1n) is 7.21. The maximum Gasteiger partial charge on any atom is 0.248 e. The molecule has 1 fully saturated rings. The molecule has 1 amide bonds. The van der Waals surface area contributed by atoms with Crippen molar-refractivity contribution in [3.05, 3.63) is 29.6 Å². The molecule has 8 heteroatoms. The predicted molar refractivity (Wildman–Crippen MR) is 90.1 cm³/mol. The van der Waals surface area contributed by atoms with Gasteiger partial charge in [0.05, 0.1) is 17.9 Å². The highest BCUT2D eigenvalue weighted by Crippen LogP contribution is 2.35. The topological polar surface area (TPSA) is 59.2 Å². The highest BCUT2D eigenvalue weighted by Gasteiger charge is 2.37. The Morgan fingerprint density at radius 3 is 2.39 bits per heavy atom. The van der Waals surface area contributed by atoms with E-state index in [-0.39, 0.29) is 49.6 Å². The second kappa shape index (κ2) is 9.35. The summed E-state index contributed by atoms with van der Waals surface area (Å²) < 4.78 is 26.5. The number of rotatable bonds is 4. The van der Waals surface area contributed by atoms with E-state index in [9.17, 15) is 13.6 Å². The minimum atomic E-state index is -2.59. The Balaban J connectivity index is 0.00000242. The van der Waals surface area contributed by atoms with Crippen molar-refractivity contribution in [3.8, 4) is 0 Å². The summed E-state index contributed by atoms with van der Waals surface area (Å²) in [6.45, 7) is 2.16. The Kier molecular flexibility index (Phi) is 8.95. The van der Waals surface area contributed by atoms with Crippen molar-refractivity contribution >= 4 is 30.7 Å². The van der Waals surface area contributed by atoms with E-state index < -0.39 is 5.92 Å². The fraction of sp³-hybridized carbons (Fsp3) is 0.600. The van der Waals surface area contributed by atoms with Gasteiger partial charge in [-0.25, -0.2) is 8.78 Å². The second-order valence-electron chi connectivity index (χ2n) is 5.56. The molecule has 2 rings (SSSR count). The second-order valence-corrected chi connectivity index (χ2v) is 5.56. The lowest BCUT2D eigenvalue weighted by atomic mass is 9.91. The van der Waals surface area contributed by atoms with E-state index in [0.717, 1.165) is 11.4 Å². The van der Waals surface area contributed by atoms with Crippen LogP contribution in [0.1, 0.15) is 44.0 Å². The average Bonchev–Trinajstić information content (AvgIpc) is 2.45. The lowest BCUT2D eigenvalue weighted by Crippen LogP contribution is -2.43. The largest absolute Gasteiger partial charge is 0.334 e.